The highest BCUT2D eigenvalue weighted by Gasteiger charge is 2.31. The third-order valence-electron chi connectivity index (χ3n) is 6.61. The largest absolute Gasteiger partial charge is 0.348 e. The van der Waals surface area contributed by atoms with Gasteiger partial charge in [0.2, 0.25) is 5.91 Å². The number of amides is 1. The van der Waals surface area contributed by atoms with E-state index in [1.807, 2.05) is 17.2 Å². The highest BCUT2D eigenvalue weighted by Crippen LogP contribution is 2.32. The van der Waals surface area contributed by atoms with Crippen molar-refractivity contribution >= 4 is 11.7 Å². The predicted molar refractivity (Wildman–Crippen MR) is 123 cm³/mol. The van der Waals surface area contributed by atoms with Gasteiger partial charge in [0, 0.05) is 49.1 Å². The maximum atomic E-state index is 12.8. The first-order chi connectivity index (χ1) is 15.7. The summed E-state index contributed by atoms with van der Waals surface area (Å²) in [5.41, 5.74) is 3.47. The minimum atomic E-state index is 0.181. The van der Waals surface area contributed by atoms with E-state index in [9.17, 15) is 4.79 Å². The summed E-state index contributed by atoms with van der Waals surface area (Å²) in [5, 5.41) is 0. The van der Waals surface area contributed by atoms with Crippen LogP contribution in [0, 0.1) is 6.92 Å². The molecule has 2 aliphatic rings. The van der Waals surface area contributed by atoms with Crippen LogP contribution in [0.5, 0.6) is 0 Å². The molecule has 7 nitrogen and oxygen atoms in total. The Morgan fingerprint density at radius 3 is 2.84 bits per heavy atom. The highest BCUT2D eigenvalue weighted by atomic mass is 16.2. The molecule has 1 fully saturated rings. The number of benzene rings is 1. The van der Waals surface area contributed by atoms with Crippen LogP contribution in [0.15, 0.2) is 42.7 Å². The molecule has 3 aromatic rings. The lowest BCUT2D eigenvalue weighted by molar-refractivity contribution is -0.119. The Bertz CT molecular complexity index is 1070. The molecular weight excluding hydrogens is 400 g/mol. The van der Waals surface area contributed by atoms with Crippen LogP contribution in [0.3, 0.4) is 0 Å². The Morgan fingerprint density at radius 1 is 1.16 bits per heavy atom. The first-order valence-corrected chi connectivity index (χ1v) is 11.6. The van der Waals surface area contributed by atoms with Crippen molar-refractivity contribution in [1.82, 2.24) is 24.8 Å². The van der Waals surface area contributed by atoms with Crippen molar-refractivity contribution < 1.29 is 4.79 Å². The standard InChI is InChI=1S/C25H30N6O/c1-18-21-9-10-23(32)31(14-5-8-19-6-3-2-4-7-19)25(21)29-24(28-18)20-11-15-30(16-20)17-22-26-12-13-27-22/h2-4,6-7,12-13,20H,5,8-11,14-17H2,1H3,(H,26,27)/t20-/m0/s1. The number of nitrogens with one attached hydrogen (secondary N) is 1. The van der Waals surface area contributed by atoms with Crippen molar-refractivity contribution in [2.75, 3.05) is 24.5 Å². The number of hydrogen-bond donors (Lipinski definition) is 1. The van der Waals surface area contributed by atoms with Gasteiger partial charge in [-0.25, -0.2) is 15.0 Å². The van der Waals surface area contributed by atoms with Crippen LogP contribution in [0.2, 0.25) is 0 Å². The Morgan fingerprint density at radius 2 is 2.03 bits per heavy atom. The summed E-state index contributed by atoms with van der Waals surface area (Å²) in [6, 6.07) is 10.5. The number of anilines is 1. The number of aromatic amines is 1. The molecule has 1 amide bonds. The number of carbonyl (C=O) groups excluding carboxylic acids is 1. The maximum absolute atomic E-state index is 12.8. The lowest BCUT2D eigenvalue weighted by Gasteiger charge is -2.30. The van der Waals surface area contributed by atoms with Gasteiger partial charge in [0.15, 0.2) is 0 Å². The molecular formula is C25H30N6O. The highest BCUT2D eigenvalue weighted by molar-refractivity contribution is 5.95. The second-order valence-corrected chi connectivity index (χ2v) is 8.86. The van der Waals surface area contributed by atoms with Crippen molar-refractivity contribution in [1.29, 1.82) is 0 Å². The van der Waals surface area contributed by atoms with Gasteiger partial charge >= 0.3 is 0 Å². The lowest BCUT2D eigenvalue weighted by Crippen LogP contribution is -2.38. The zero-order valence-electron chi connectivity index (χ0n) is 18.6. The van der Waals surface area contributed by atoms with Gasteiger partial charge in [0.05, 0.1) is 6.54 Å². The van der Waals surface area contributed by atoms with E-state index in [0.29, 0.717) is 13.0 Å². The van der Waals surface area contributed by atoms with Gasteiger partial charge in [0.25, 0.3) is 0 Å². The van der Waals surface area contributed by atoms with E-state index < -0.39 is 0 Å². The monoisotopic (exact) mass is 430 g/mol. The third-order valence-corrected chi connectivity index (χ3v) is 6.61. The number of fused-ring (bicyclic) bond motifs is 1. The van der Waals surface area contributed by atoms with Gasteiger partial charge in [-0.05, 0) is 44.7 Å². The number of rotatable bonds is 7. The Labute approximate surface area is 188 Å². The zero-order chi connectivity index (χ0) is 21.9. The van der Waals surface area contributed by atoms with Crippen LogP contribution >= 0.6 is 0 Å². The van der Waals surface area contributed by atoms with Gasteiger partial charge in [-0.1, -0.05) is 30.3 Å². The zero-order valence-corrected chi connectivity index (χ0v) is 18.6. The minimum absolute atomic E-state index is 0.181. The van der Waals surface area contributed by atoms with Gasteiger partial charge in [-0.2, -0.15) is 0 Å². The summed E-state index contributed by atoms with van der Waals surface area (Å²) in [7, 11) is 0. The molecule has 1 N–H and O–H groups in total. The van der Waals surface area contributed by atoms with Crippen LogP contribution in [-0.4, -0.2) is 50.4 Å². The maximum Gasteiger partial charge on any atom is 0.228 e. The number of likely N-dealkylation sites (tertiary alicyclic amines) is 1. The average molecular weight is 431 g/mol. The van der Waals surface area contributed by atoms with Crippen molar-refractivity contribution in [2.45, 2.75) is 51.5 Å². The molecule has 1 aromatic carbocycles. The number of H-pyrrole nitrogens is 1. The SMILES string of the molecule is Cc1nc([C@H]2CCN(Cc3ncc[nH]3)C2)nc2c1CCC(=O)N2CCCc1ccccc1. The molecule has 0 bridgehead atoms. The molecule has 2 aromatic heterocycles. The molecule has 5 rings (SSSR count). The smallest absolute Gasteiger partial charge is 0.228 e. The van der Waals surface area contributed by atoms with Crippen LogP contribution in [-0.2, 0) is 24.2 Å². The van der Waals surface area contributed by atoms with E-state index in [2.05, 4.69) is 46.1 Å². The number of carbonyl (C=O) groups is 1. The van der Waals surface area contributed by atoms with Crippen molar-refractivity contribution in [3.63, 3.8) is 0 Å². The molecule has 166 valence electrons. The molecule has 0 radical (unpaired) electrons. The molecule has 7 heteroatoms. The Hall–Kier alpha value is -3.06. The van der Waals surface area contributed by atoms with Gasteiger partial charge in [0.1, 0.15) is 17.5 Å². The normalized spacial score (nSPS) is 18.8. The summed E-state index contributed by atoms with van der Waals surface area (Å²) in [6.45, 7) is 5.51. The van der Waals surface area contributed by atoms with E-state index in [0.717, 1.165) is 74.0 Å². The fourth-order valence-corrected chi connectivity index (χ4v) is 4.89. The van der Waals surface area contributed by atoms with Crippen LogP contribution < -0.4 is 4.90 Å². The molecule has 2 aliphatic heterocycles. The van der Waals surface area contributed by atoms with Gasteiger partial charge in [-0.15, -0.1) is 0 Å². The summed E-state index contributed by atoms with van der Waals surface area (Å²) in [4.78, 5) is 34.5. The van der Waals surface area contributed by atoms with Crippen molar-refractivity contribution in [3.8, 4) is 0 Å². The summed E-state index contributed by atoms with van der Waals surface area (Å²) >= 11 is 0. The summed E-state index contributed by atoms with van der Waals surface area (Å²) in [5.74, 6) is 3.19. The molecule has 0 unspecified atom stereocenters. The van der Waals surface area contributed by atoms with Crippen molar-refractivity contribution in [2.24, 2.45) is 0 Å². The Balaban J connectivity index is 1.31. The molecule has 1 atom stereocenters. The molecule has 0 saturated carbocycles. The lowest BCUT2D eigenvalue weighted by atomic mass is 10.0. The van der Waals surface area contributed by atoms with Crippen molar-refractivity contribution in [3.05, 3.63) is 71.2 Å². The number of hydrogen-bond acceptors (Lipinski definition) is 5. The summed E-state index contributed by atoms with van der Waals surface area (Å²) in [6.07, 6.45) is 7.85. The molecule has 4 heterocycles. The predicted octanol–water partition coefficient (Wildman–Crippen LogP) is 3.41. The molecule has 32 heavy (non-hydrogen) atoms. The molecule has 0 spiro atoms. The fourth-order valence-electron chi connectivity index (χ4n) is 4.89. The molecule has 1 saturated heterocycles. The van der Waals surface area contributed by atoms with Gasteiger partial charge < -0.3 is 4.98 Å². The number of nitrogens with zero attached hydrogens (tertiary/aromatic N) is 5. The third kappa shape index (κ3) is 4.43. The summed E-state index contributed by atoms with van der Waals surface area (Å²) < 4.78 is 0. The van der Waals surface area contributed by atoms with Gasteiger partial charge in [-0.3, -0.25) is 14.6 Å². The first kappa shape index (κ1) is 20.8. The number of aromatic nitrogens is 4. The van der Waals surface area contributed by atoms with E-state index in [1.165, 1.54) is 5.56 Å². The van der Waals surface area contributed by atoms with E-state index in [4.69, 9.17) is 9.97 Å². The number of imidazole rings is 1. The fraction of sp³-hybridized carbons (Fsp3) is 0.440. The Kier molecular flexibility index (Phi) is 5.99. The second-order valence-electron chi connectivity index (χ2n) is 8.86. The quantitative estimate of drug-likeness (QED) is 0.622. The average Bonchev–Trinajstić information content (AvgIpc) is 3.48. The van der Waals surface area contributed by atoms with E-state index in [-0.39, 0.29) is 11.8 Å². The van der Waals surface area contributed by atoms with Crippen LogP contribution in [0.4, 0.5) is 5.82 Å². The first-order valence-electron chi connectivity index (χ1n) is 11.6. The van der Waals surface area contributed by atoms with Crippen LogP contribution in [0.1, 0.15) is 53.7 Å². The van der Waals surface area contributed by atoms with Crippen LogP contribution in [0.25, 0.3) is 0 Å². The topological polar surface area (TPSA) is 78.0 Å². The van der Waals surface area contributed by atoms with E-state index >= 15 is 0 Å². The van der Waals surface area contributed by atoms with E-state index in [1.54, 1.807) is 6.20 Å². The minimum Gasteiger partial charge on any atom is -0.348 e. The number of aryl methyl sites for hydroxylation is 2. The molecule has 0 aliphatic carbocycles. The second kappa shape index (κ2) is 9.20.